The fourth-order valence-electron chi connectivity index (χ4n) is 1.70. The molecule has 5 heteroatoms. The number of benzene rings is 1. The number of hydrogen-bond acceptors (Lipinski definition) is 3. The molecule has 1 aromatic carbocycles. The zero-order valence-electron chi connectivity index (χ0n) is 11.3. The third-order valence-electron chi connectivity index (χ3n) is 2.64. The summed E-state index contributed by atoms with van der Waals surface area (Å²) in [6.45, 7) is 3.23. The zero-order valence-corrected chi connectivity index (χ0v) is 12.1. The van der Waals surface area contributed by atoms with Gasteiger partial charge in [-0.15, -0.1) is 0 Å². The molecule has 0 bridgehead atoms. The van der Waals surface area contributed by atoms with Gasteiger partial charge in [0.2, 0.25) is 0 Å². The van der Waals surface area contributed by atoms with Gasteiger partial charge in [-0.2, -0.15) is 0 Å². The molecule has 1 aromatic heterocycles. The Labute approximate surface area is 124 Å². The van der Waals surface area contributed by atoms with Gasteiger partial charge >= 0.3 is 0 Å². The molecule has 0 radical (unpaired) electrons. The third kappa shape index (κ3) is 4.20. The maximum absolute atomic E-state index is 5.54. The summed E-state index contributed by atoms with van der Waals surface area (Å²) in [4.78, 5) is 3.98. The minimum absolute atomic E-state index is 0.564. The molecule has 4 nitrogen and oxygen atoms in total. The lowest BCUT2D eigenvalue weighted by atomic mass is 10.3. The maximum Gasteiger partial charge on any atom is 0.171 e. The first-order valence-corrected chi connectivity index (χ1v) is 6.86. The SMILES string of the molecule is CCOc1ccccc1NC(=S)NCc1ccncc1. The van der Waals surface area contributed by atoms with E-state index in [0.29, 0.717) is 18.3 Å². The third-order valence-corrected chi connectivity index (χ3v) is 2.88. The van der Waals surface area contributed by atoms with Crippen LogP contribution in [0.3, 0.4) is 0 Å². The molecular formula is C15H17N3OS. The Hall–Kier alpha value is -2.14. The van der Waals surface area contributed by atoms with Crippen molar-refractivity contribution in [1.29, 1.82) is 0 Å². The van der Waals surface area contributed by atoms with Crippen LogP contribution in [0.15, 0.2) is 48.8 Å². The Morgan fingerprint density at radius 3 is 2.70 bits per heavy atom. The van der Waals surface area contributed by atoms with Crippen molar-refractivity contribution in [2.45, 2.75) is 13.5 Å². The number of para-hydroxylation sites is 2. The van der Waals surface area contributed by atoms with Crippen molar-refractivity contribution in [3.63, 3.8) is 0 Å². The maximum atomic E-state index is 5.54. The first kappa shape index (κ1) is 14.3. The van der Waals surface area contributed by atoms with Gasteiger partial charge in [0.05, 0.1) is 12.3 Å². The molecular weight excluding hydrogens is 270 g/mol. The van der Waals surface area contributed by atoms with Gasteiger partial charge in [-0.25, -0.2) is 0 Å². The predicted molar refractivity (Wildman–Crippen MR) is 84.9 cm³/mol. The van der Waals surface area contributed by atoms with Crippen LogP contribution in [0.25, 0.3) is 0 Å². The standard InChI is InChI=1S/C15H17N3OS/c1-2-19-14-6-4-3-5-13(14)18-15(20)17-11-12-7-9-16-10-8-12/h3-10H,2,11H2,1H3,(H2,17,18,20). The Morgan fingerprint density at radius 1 is 1.20 bits per heavy atom. The van der Waals surface area contributed by atoms with E-state index in [1.807, 2.05) is 43.3 Å². The average molecular weight is 287 g/mol. The number of ether oxygens (including phenoxy) is 1. The number of anilines is 1. The number of thiocarbonyl (C=S) groups is 1. The quantitative estimate of drug-likeness (QED) is 0.828. The van der Waals surface area contributed by atoms with Gasteiger partial charge in [0.15, 0.2) is 5.11 Å². The second-order valence-electron chi connectivity index (χ2n) is 4.09. The first-order valence-electron chi connectivity index (χ1n) is 6.45. The highest BCUT2D eigenvalue weighted by Gasteiger charge is 2.04. The van der Waals surface area contributed by atoms with Gasteiger partial charge in [-0.1, -0.05) is 12.1 Å². The molecule has 2 N–H and O–H groups in total. The summed E-state index contributed by atoms with van der Waals surface area (Å²) < 4.78 is 5.54. The summed E-state index contributed by atoms with van der Waals surface area (Å²) >= 11 is 5.29. The lowest BCUT2D eigenvalue weighted by molar-refractivity contribution is 0.342. The highest BCUT2D eigenvalue weighted by atomic mass is 32.1. The van der Waals surface area contributed by atoms with Crippen LogP contribution in [0.4, 0.5) is 5.69 Å². The Morgan fingerprint density at radius 2 is 1.95 bits per heavy atom. The van der Waals surface area contributed by atoms with Crippen molar-refractivity contribution < 1.29 is 4.74 Å². The minimum atomic E-state index is 0.564. The van der Waals surface area contributed by atoms with Gasteiger partial charge < -0.3 is 15.4 Å². The molecule has 1 heterocycles. The van der Waals surface area contributed by atoms with E-state index in [4.69, 9.17) is 17.0 Å². The second-order valence-corrected chi connectivity index (χ2v) is 4.50. The second kappa shape index (κ2) is 7.45. The summed E-state index contributed by atoms with van der Waals surface area (Å²) in [5, 5.41) is 6.86. The summed E-state index contributed by atoms with van der Waals surface area (Å²) in [7, 11) is 0. The molecule has 20 heavy (non-hydrogen) atoms. The van der Waals surface area contributed by atoms with Gasteiger partial charge in [-0.3, -0.25) is 4.98 Å². The molecule has 0 aliphatic rings. The lowest BCUT2D eigenvalue weighted by Crippen LogP contribution is -2.28. The molecule has 0 atom stereocenters. The highest BCUT2D eigenvalue weighted by Crippen LogP contribution is 2.23. The largest absolute Gasteiger partial charge is 0.492 e. The van der Waals surface area contributed by atoms with Crippen LogP contribution in [0.1, 0.15) is 12.5 Å². The molecule has 0 saturated heterocycles. The van der Waals surface area contributed by atoms with Crippen molar-refractivity contribution in [2.75, 3.05) is 11.9 Å². The van der Waals surface area contributed by atoms with Crippen LogP contribution >= 0.6 is 12.2 Å². The predicted octanol–water partition coefficient (Wildman–Crippen LogP) is 2.97. The highest BCUT2D eigenvalue weighted by molar-refractivity contribution is 7.80. The number of hydrogen-bond donors (Lipinski definition) is 2. The van der Waals surface area contributed by atoms with Gasteiger partial charge in [0, 0.05) is 18.9 Å². The molecule has 0 amide bonds. The van der Waals surface area contributed by atoms with E-state index >= 15 is 0 Å². The lowest BCUT2D eigenvalue weighted by Gasteiger charge is -2.14. The van der Waals surface area contributed by atoms with E-state index in [1.165, 1.54) is 0 Å². The van der Waals surface area contributed by atoms with Crippen molar-refractivity contribution in [3.8, 4) is 5.75 Å². The Kier molecular flexibility index (Phi) is 5.32. The Bertz CT molecular complexity index is 560. The van der Waals surface area contributed by atoms with Crippen molar-refractivity contribution in [1.82, 2.24) is 10.3 Å². The van der Waals surface area contributed by atoms with Crippen LogP contribution in [0.2, 0.25) is 0 Å². The normalized spacial score (nSPS) is 9.85. The molecule has 2 rings (SSSR count). The average Bonchev–Trinajstić information content (AvgIpc) is 2.49. The van der Waals surface area contributed by atoms with E-state index < -0.39 is 0 Å². The van der Waals surface area contributed by atoms with Gasteiger partial charge in [-0.05, 0) is 49.0 Å². The van der Waals surface area contributed by atoms with E-state index in [2.05, 4.69) is 15.6 Å². The van der Waals surface area contributed by atoms with Crippen LogP contribution in [-0.4, -0.2) is 16.7 Å². The van der Waals surface area contributed by atoms with Gasteiger partial charge in [0.25, 0.3) is 0 Å². The molecule has 0 unspecified atom stereocenters. The molecule has 0 saturated carbocycles. The summed E-state index contributed by atoms with van der Waals surface area (Å²) in [6, 6.07) is 11.6. The monoisotopic (exact) mass is 287 g/mol. The number of rotatable bonds is 5. The fraction of sp³-hybridized carbons (Fsp3) is 0.200. The fourth-order valence-corrected chi connectivity index (χ4v) is 1.88. The molecule has 0 spiro atoms. The van der Waals surface area contributed by atoms with Crippen molar-refractivity contribution in [3.05, 3.63) is 54.4 Å². The number of pyridine rings is 1. The molecule has 0 aliphatic heterocycles. The summed E-state index contributed by atoms with van der Waals surface area (Å²) in [5.41, 5.74) is 1.99. The summed E-state index contributed by atoms with van der Waals surface area (Å²) in [6.07, 6.45) is 3.52. The molecule has 0 aliphatic carbocycles. The van der Waals surface area contributed by atoms with Crippen LogP contribution in [0, 0.1) is 0 Å². The van der Waals surface area contributed by atoms with E-state index in [-0.39, 0.29) is 0 Å². The van der Waals surface area contributed by atoms with Gasteiger partial charge in [0.1, 0.15) is 5.75 Å². The van der Waals surface area contributed by atoms with E-state index in [1.54, 1.807) is 12.4 Å². The summed E-state index contributed by atoms with van der Waals surface area (Å²) in [5.74, 6) is 0.795. The number of aromatic nitrogens is 1. The van der Waals surface area contributed by atoms with Crippen molar-refractivity contribution in [2.24, 2.45) is 0 Å². The number of nitrogens with zero attached hydrogens (tertiary/aromatic N) is 1. The number of nitrogens with one attached hydrogen (secondary N) is 2. The van der Waals surface area contributed by atoms with Crippen LogP contribution in [-0.2, 0) is 6.54 Å². The molecule has 104 valence electrons. The minimum Gasteiger partial charge on any atom is -0.492 e. The molecule has 0 fully saturated rings. The topological polar surface area (TPSA) is 46.2 Å². The zero-order chi connectivity index (χ0) is 14.2. The van der Waals surface area contributed by atoms with Crippen LogP contribution in [0.5, 0.6) is 5.75 Å². The smallest absolute Gasteiger partial charge is 0.171 e. The van der Waals surface area contributed by atoms with E-state index in [9.17, 15) is 0 Å². The van der Waals surface area contributed by atoms with Crippen LogP contribution < -0.4 is 15.4 Å². The van der Waals surface area contributed by atoms with E-state index in [0.717, 1.165) is 17.0 Å². The first-order chi connectivity index (χ1) is 9.79. The van der Waals surface area contributed by atoms with Crippen molar-refractivity contribution >= 4 is 23.0 Å². The molecule has 2 aromatic rings. The Balaban J connectivity index is 1.91.